The molecule has 1 rings (SSSR count). The predicted octanol–water partition coefficient (Wildman–Crippen LogP) is 1.49. The highest BCUT2D eigenvalue weighted by Crippen LogP contribution is 2.15. The number of ether oxygens (including phenoxy) is 2. The van der Waals surface area contributed by atoms with Gasteiger partial charge in [-0.05, 0) is 26.0 Å². The van der Waals surface area contributed by atoms with E-state index in [9.17, 15) is 14.4 Å². The summed E-state index contributed by atoms with van der Waals surface area (Å²) in [7, 11) is 0. The Labute approximate surface area is 108 Å². The molecule has 7 heteroatoms. The third-order valence-electron chi connectivity index (χ3n) is 1.79. The van der Waals surface area contributed by atoms with Crippen LogP contribution in [0.2, 0.25) is 0 Å². The van der Waals surface area contributed by atoms with Crippen molar-refractivity contribution in [1.82, 2.24) is 5.32 Å². The van der Waals surface area contributed by atoms with E-state index in [1.54, 1.807) is 19.1 Å². The fraction of sp³-hybridized carbons (Fsp3) is 0.364. The normalized spacial score (nSPS) is 9.67. The first-order valence-electron chi connectivity index (χ1n) is 5.23. The van der Waals surface area contributed by atoms with Crippen molar-refractivity contribution in [2.75, 3.05) is 13.2 Å². The molecular formula is C11H13NO5S. The quantitative estimate of drug-likeness (QED) is 0.839. The lowest BCUT2D eigenvalue weighted by atomic mass is 10.4. The van der Waals surface area contributed by atoms with Crippen LogP contribution in [0.5, 0.6) is 0 Å². The summed E-state index contributed by atoms with van der Waals surface area (Å²) in [6.07, 6.45) is -0.856. The first-order valence-corrected chi connectivity index (χ1v) is 6.04. The Balaban J connectivity index is 2.34. The maximum Gasteiger partial charge on any atom is 0.413 e. The molecule has 2 amide bonds. The average molecular weight is 271 g/mol. The largest absolute Gasteiger partial charge is 0.451 e. The van der Waals surface area contributed by atoms with Crippen molar-refractivity contribution < 1.29 is 23.9 Å². The van der Waals surface area contributed by atoms with Crippen LogP contribution in [-0.2, 0) is 14.3 Å². The molecule has 0 spiro atoms. The van der Waals surface area contributed by atoms with E-state index in [1.807, 2.05) is 12.2 Å². The molecule has 0 aliphatic carbocycles. The number of imide groups is 1. The Bertz CT molecular complexity index is 454. The molecule has 0 unspecified atom stereocenters. The fourth-order valence-corrected chi connectivity index (χ4v) is 1.82. The molecule has 0 radical (unpaired) electrons. The minimum Gasteiger partial charge on any atom is -0.451 e. The molecule has 0 aromatic carbocycles. The van der Waals surface area contributed by atoms with E-state index in [2.05, 4.69) is 4.74 Å². The molecule has 0 saturated heterocycles. The summed E-state index contributed by atoms with van der Waals surface area (Å²) in [6, 6.07) is 3.39. The van der Waals surface area contributed by atoms with Crippen LogP contribution in [0, 0.1) is 6.92 Å². The standard InChI is InChI=1S/C11H13NO5S/c1-3-16-11(15)12-9(13)6-17-10(14)8-5-4-7(2)18-8/h4-5H,3,6H2,1-2H3,(H,12,13,15). The van der Waals surface area contributed by atoms with Crippen molar-refractivity contribution in [3.8, 4) is 0 Å². The van der Waals surface area contributed by atoms with Crippen molar-refractivity contribution >= 4 is 29.3 Å². The van der Waals surface area contributed by atoms with Crippen LogP contribution >= 0.6 is 11.3 Å². The van der Waals surface area contributed by atoms with Gasteiger partial charge in [-0.2, -0.15) is 0 Å². The highest BCUT2D eigenvalue weighted by atomic mass is 32.1. The molecule has 98 valence electrons. The molecule has 0 aliphatic heterocycles. The Kier molecular flexibility index (Phi) is 5.31. The number of esters is 1. The number of aryl methyl sites for hydroxylation is 1. The van der Waals surface area contributed by atoms with E-state index in [4.69, 9.17) is 4.74 Å². The second kappa shape index (κ2) is 6.75. The molecule has 0 bridgehead atoms. The summed E-state index contributed by atoms with van der Waals surface area (Å²) in [5.41, 5.74) is 0. The van der Waals surface area contributed by atoms with E-state index >= 15 is 0 Å². The smallest absolute Gasteiger partial charge is 0.413 e. The highest BCUT2D eigenvalue weighted by Gasteiger charge is 2.13. The van der Waals surface area contributed by atoms with Crippen LogP contribution in [0.3, 0.4) is 0 Å². The van der Waals surface area contributed by atoms with Gasteiger partial charge in [0.2, 0.25) is 0 Å². The highest BCUT2D eigenvalue weighted by molar-refractivity contribution is 7.13. The monoisotopic (exact) mass is 271 g/mol. The predicted molar refractivity (Wildman–Crippen MR) is 64.5 cm³/mol. The van der Waals surface area contributed by atoms with E-state index in [1.165, 1.54) is 11.3 Å². The van der Waals surface area contributed by atoms with Gasteiger partial charge in [-0.25, -0.2) is 9.59 Å². The molecule has 6 nitrogen and oxygen atoms in total. The van der Waals surface area contributed by atoms with Gasteiger partial charge in [-0.3, -0.25) is 10.1 Å². The molecular weight excluding hydrogens is 258 g/mol. The van der Waals surface area contributed by atoms with Crippen LogP contribution < -0.4 is 5.32 Å². The number of nitrogens with one attached hydrogen (secondary N) is 1. The molecule has 1 aromatic rings. The topological polar surface area (TPSA) is 81.7 Å². The minimum atomic E-state index is -0.856. The van der Waals surface area contributed by atoms with Gasteiger partial charge in [0.05, 0.1) is 6.61 Å². The van der Waals surface area contributed by atoms with Gasteiger partial charge in [-0.15, -0.1) is 11.3 Å². The molecule has 0 fully saturated rings. The number of rotatable bonds is 4. The third-order valence-corrected chi connectivity index (χ3v) is 2.77. The lowest BCUT2D eigenvalue weighted by molar-refractivity contribution is -0.123. The average Bonchev–Trinajstić information content (AvgIpc) is 2.73. The van der Waals surface area contributed by atoms with Gasteiger partial charge >= 0.3 is 12.1 Å². The lowest BCUT2D eigenvalue weighted by Crippen LogP contribution is -2.34. The van der Waals surface area contributed by atoms with E-state index in [-0.39, 0.29) is 6.61 Å². The summed E-state index contributed by atoms with van der Waals surface area (Å²) in [4.78, 5) is 34.9. The lowest BCUT2D eigenvalue weighted by Gasteiger charge is -2.04. The molecule has 0 saturated carbocycles. The van der Waals surface area contributed by atoms with Gasteiger partial charge in [0.25, 0.3) is 5.91 Å². The molecule has 0 aliphatic rings. The number of thiophene rings is 1. The van der Waals surface area contributed by atoms with Crippen LogP contribution in [0.4, 0.5) is 4.79 Å². The Hall–Kier alpha value is -1.89. The van der Waals surface area contributed by atoms with E-state index < -0.39 is 24.6 Å². The number of hydrogen-bond acceptors (Lipinski definition) is 6. The molecule has 18 heavy (non-hydrogen) atoms. The summed E-state index contributed by atoms with van der Waals surface area (Å²) < 4.78 is 9.23. The number of amides is 2. The summed E-state index contributed by atoms with van der Waals surface area (Å²) >= 11 is 1.27. The van der Waals surface area contributed by atoms with Crippen LogP contribution in [-0.4, -0.2) is 31.2 Å². The third kappa shape index (κ3) is 4.54. The summed E-state index contributed by atoms with van der Waals surface area (Å²) in [5.74, 6) is -1.32. The van der Waals surface area contributed by atoms with E-state index in [0.717, 1.165) is 4.88 Å². The van der Waals surface area contributed by atoms with Crippen LogP contribution in [0.25, 0.3) is 0 Å². The van der Waals surface area contributed by atoms with Crippen molar-refractivity contribution in [2.45, 2.75) is 13.8 Å². The van der Waals surface area contributed by atoms with Gasteiger partial charge < -0.3 is 9.47 Å². The Morgan fingerprint density at radius 2 is 2.00 bits per heavy atom. The van der Waals surface area contributed by atoms with Gasteiger partial charge in [0.15, 0.2) is 6.61 Å². The zero-order chi connectivity index (χ0) is 13.5. The SMILES string of the molecule is CCOC(=O)NC(=O)COC(=O)c1ccc(C)s1. The van der Waals surface area contributed by atoms with Crippen molar-refractivity contribution in [3.63, 3.8) is 0 Å². The number of hydrogen-bond donors (Lipinski definition) is 1. The van der Waals surface area contributed by atoms with Crippen LogP contribution in [0.15, 0.2) is 12.1 Å². The van der Waals surface area contributed by atoms with Crippen molar-refractivity contribution in [1.29, 1.82) is 0 Å². The first kappa shape index (κ1) is 14.2. The Morgan fingerprint density at radius 3 is 2.56 bits per heavy atom. The number of carbonyl (C=O) groups is 3. The van der Waals surface area contributed by atoms with Crippen molar-refractivity contribution in [3.05, 3.63) is 21.9 Å². The second-order valence-electron chi connectivity index (χ2n) is 3.26. The summed E-state index contributed by atoms with van der Waals surface area (Å²) in [5, 5.41) is 1.92. The molecule has 1 aromatic heterocycles. The zero-order valence-corrected chi connectivity index (χ0v) is 10.8. The van der Waals surface area contributed by atoms with Crippen molar-refractivity contribution in [2.24, 2.45) is 0 Å². The molecule has 1 heterocycles. The van der Waals surface area contributed by atoms with E-state index in [0.29, 0.717) is 4.88 Å². The fourth-order valence-electron chi connectivity index (χ4n) is 1.06. The number of carbonyl (C=O) groups excluding carboxylic acids is 3. The van der Waals surface area contributed by atoms with Gasteiger partial charge in [0, 0.05) is 4.88 Å². The second-order valence-corrected chi connectivity index (χ2v) is 4.54. The first-order chi connectivity index (χ1) is 8.52. The number of alkyl carbamates (subject to hydrolysis) is 1. The van der Waals surface area contributed by atoms with Gasteiger partial charge in [-0.1, -0.05) is 0 Å². The maximum atomic E-state index is 11.5. The molecule has 1 N–H and O–H groups in total. The minimum absolute atomic E-state index is 0.160. The maximum absolute atomic E-state index is 11.5. The zero-order valence-electron chi connectivity index (χ0n) is 10.0. The summed E-state index contributed by atoms with van der Waals surface area (Å²) in [6.45, 7) is 3.11. The molecule has 0 atom stereocenters. The van der Waals surface area contributed by atoms with Crippen LogP contribution in [0.1, 0.15) is 21.5 Å². The van der Waals surface area contributed by atoms with Gasteiger partial charge in [0.1, 0.15) is 4.88 Å². The Morgan fingerprint density at radius 1 is 1.28 bits per heavy atom.